The molecule has 0 saturated heterocycles. The van der Waals surface area contributed by atoms with E-state index in [1.54, 1.807) is 0 Å². The average molecular weight is 190 g/mol. The Morgan fingerprint density at radius 2 is 1.85 bits per heavy atom. The highest BCUT2D eigenvalue weighted by Crippen LogP contribution is 1.90. The zero-order valence-electron chi connectivity index (χ0n) is 7.52. The number of carboxylic acids is 1. The molecule has 0 aromatic rings. The van der Waals surface area contributed by atoms with Crippen molar-refractivity contribution in [1.82, 2.24) is 5.32 Å². The summed E-state index contributed by atoms with van der Waals surface area (Å²) in [6.45, 7) is 2.67. The van der Waals surface area contributed by atoms with Gasteiger partial charge in [-0.2, -0.15) is 0 Å². The molecule has 0 rings (SSSR count). The minimum Gasteiger partial charge on any atom is -0.480 e. The molecule has 0 radical (unpaired) electrons. The summed E-state index contributed by atoms with van der Waals surface area (Å²) >= 11 is 0. The number of carboxylic acid groups (broad SMARTS) is 1. The molecule has 13 heavy (non-hydrogen) atoms. The summed E-state index contributed by atoms with van der Waals surface area (Å²) in [4.78, 5) is 21.3. The Morgan fingerprint density at radius 1 is 1.38 bits per heavy atom. The summed E-state index contributed by atoms with van der Waals surface area (Å²) in [5.74, 6) is -1.82. The van der Waals surface area contributed by atoms with Gasteiger partial charge in [0.25, 0.3) is 0 Å². The number of aliphatic carboxylic acids is 1. The first-order valence-electron chi connectivity index (χ1n) is 3.83. The van der Waals surface area contributed by atoms with E-state index in [0.29, 0.717) is 0 Å². The van der Waals surface area contributed by atoms with Crippen molar-refractivity contribution in [3.8, 4) is 0 Å². The van der Waals surface area contributed by atoms with E-state index >= 15 is 0 Å². The van der Waals surface area contributed by atoms with E-state index in [0.717, 1.165) is 0 Å². The molecule has 0 aliphatic rings. The van der Waals surface area contributed by atoms with Crippen LogP contribution < -0.4 is 11.1 Å². The van der Waals surface area contributed by atoms with Gasteiger partial charge in [0.05, 0.1) is 6.10 Å². The van der Waals surface area contributed by atoms with E-state index < -0.39 is 30.1 Å². The van der Waals surface area contributed by atoms with Crippen LogP contribution in [0.3, 0.4) is 0 Å². The van der Waals surface area contributed by atoms with Crippen LogP contribution in [0.5, 0.6) is 0 Å². The fourth-order valence-electron chi connectivity index (χ4n) is 0.590. The molecule has 6 heteroatoms. The molecule has 76 valence electrons. The molecule has 3 atom stereocenters. The lowest BCUT2D eigenvalue weighted by atomic mass is 10.2. The summed E-state index contributed by atoms with van der Waals surface area (Å²) in [6.07, 6.45) is -0.999. The van der Waals surface area contributed by atoms with Gasteiger partial charge >= 0.3 is 5.97 Å². The van der Waals surface area contributed by atoms with Crippen LogP contribution in [0, 0.1) is 0 Å². The van der Waals surface area contributed by atoms with Crippen molar-refractivity contribution >= 4 is 11.9 Å². The average Bonchev–Trinajstić information content (AvgIpc) is 2.02. The monoisotopic (exact) mass is 190 g/mol. The number of hydrogen-bond donors (Lipinski definition) is 4. The van der Waals surface area contributed by atoms with Gasteiger partial charge in [-0.3, -0.25) is 9.59 Å². The fraction of sp³-hybridized carbons (Fsp3) is 0.714. The van der Waals surface area contributed by atoms with Crippen molar-refractivity contribution < 1.29 is 19.8 Å². The van der Waals surface area contributed by atoms with Crippen molar-refractivity contribution in [1.29, 1.82) is 0 Å². The first kappa shape index (κ1) is 11.9. The van der Waals surface area contributed by atoms with Gasteiger partial charge in [-0.25, -0.2) is 0 Å². The third-order valence-electron chi connectivity index (χ3n) is 1.55. The maximum atomic E-state index is 11.0. The minimum atomic E-state index is -1.15. The zero-order valence-corrected chi connectivity index (χ0v) is 7.52. The molecule has 0 fully saturated rings. The second kappa shape index (κ2) is 4.78. The van der Waals surface area contributed by atoms with Gasteiger partial charge in [0.1, 0.15) is 12.1 Å². The van der Waals surface area contributed by atoms with Gasteiger partial charge in [-0.1, -0.05) is 0 Å². The topological polar surface area (TPSA) is 113 Å². The number of amides is 1. The molecule has 0 spiro atoms. The third kappa shape index (κ3) is 3.86. The zero-order chi connectivity index (χ0) is 10.6. The predicted octanol–water partition coefficient (Wildman–Crippen LogP) is -1.72. The first-order chi connectivity index (χ1) is 5.86. The van der Waals surface area contributed by atoms with Crippen LogP contribution in [0.1, 0.15) is 13.8 Å². The Morgan fingerprint density at radius 3 is 2.15 bits per heavy atom. The van der Waals surface area contributed by atoms with Crippen molar-refractivity contribution in [2.75, 3.05) is 0 Å². The second-order valence-electron chi connectivity index (χ2n) is 2.83. The lowest BCUT2D eigenvalue weighted by Gasteiger charge is -2.16. The summed E-state index contributed by atoms with van der Waals surface area (Å²) in [7, 11) is 0. The first-order valence-corrected chi connectivity index (χ1v) is 3.83. The van der Waals surface area contributed by atoms with Gasteiger partial charge in [-0.05, 0) is 13.8 Å². The molecular weight excluding hydrogens is 176 g/mol. The number of aliphatic hydroxyl groups excluding tert-OH is 1. The summed E-state index contributed by atoms with van der Waals surface area (Å²) in [6, 6.07) is -2.10. The molecule has 0 aliphatic heterocycles. The number of nitrogens with one attached hydrogen (secondary N) is 1. The Hall–Kier alpha value is -1.14. The molecular formula is C7H14N2O4. The van der Waals surface area contributed by atoms with Gasteiger partial charge in [0, 0.05) is 0 Å². The molecule has 0 bridgehead atoms. The molecule has 5 N–H and O–H groups in total. The SMILES string of the molecule is C[C@H](NC(=O)[C@H](N)[C@H](C)O)C(=O)O. The lowest BCUT2D eigenvalue weighted by Crippen LogP contribution is -2.51. The molecule has 0 heterocycles. The Kier molecular flexibility index (Phi) is 4.36. The highest BCUT2D eigenvalue weighted by Gasteiger charge is 2.22. The smallest absolute Gasteiger partial charge is 0.325 e. The normalized spacial score (nSPS) is 17.2. The number of hydrogen-bond acceptors (Lipinski definition) is 4. The van der Waals surface area contributed by atoms with E-state index in [2.05, 4.69) is 5.32 Å². The van der Waals surface area contributed by atoms with E-state index in [1.165, 1.54) is 13.8 Å². The van der Waals surface area contributed by atoms with Crippen LogP contribution in [0.2, 0.25) is 0 Å². The molecule has 6 nitrogen and oxygen atoms in total. The molecule has 1 amide bonds. The van der Waals surface area contributed by atoms with Crippen LogP contribution in [0.15, 0.2) is 0 Å². The maximum absolute atomic E-state index is 11.0. The van der Waals surface area contributed by atoms with Gasteiger partial charge in [0.15, 0.2) is 0 Å². The summed E-state index contributed by atoms with van der Waals surface area (Å²) in [5.41, 5.74) is 5.25. The van der Waals surface area contributed by atoms with Crippen LogP contribution >= 0.6 is 0 Å². The highest BCUT2D eigenvalue weighted by atomic mass is 16.4. The molecule has 0 aromatic heterocycles. The van der Waals surface area contributed by atoms with Crippen LogP contribution in [0.25, 0.3) is 0 Å². The maximum Gasteiger partial charge on any atom is 0.325 e. The largest absolute Gasteiger partial charge is 0.480 e. The molecule has 0 saturated carbocycles. The molecule has 0 aliphatic carbocycles. The minimum absolute atomic E-state index is 0.676. The van der Waals surface area contributed by atoms with E-state index in [4.69, 9.17) is 15.9 Å². The van der Waals surface area contributed by atoms with E-state index in [-0.39, 0.29) is 0 Å². The van der Waals surface area contributed by atoms with Crippen molar-refractivity contribution in [3.05, 3.63) is 0 Å². The number of carbonyl (C=O) groups is 2. The number of carbonyl (C=O) groups excluding carboxylic acids is 1. The molecule has 0 unspecified atom stereocenters. The van der Waals surface area contributed by atoms with Gasteiger partial charge < -0.3 is 21.3 Å². The van der Waals surface area contributed by atoms with Crippen molar-refractivity contribution in [2.45, 2.75) is 32.0 Å². The number of nitrogens with two attached hydrogens (primary N) is 1. The summed E-state index contributed by atoms with van der Waals surface area (Å²) < 4.78 is 0. The van der Waals surface area contributed by atoms with Crippen LogP contribution in [0.4, 0.5) is 0 Å². The Balaban J connectivity index is 4.08. The van der Waals surface area contributed by atoms with Gasteiger partial charge in [-0.15, -0.1) is 0 Å². The van der Waals surface area contributed by atoms with Crippen molar-refractivity contribution in [2.24, 2.45) is 5.73 Å². The Bertz CT molecular complexity index is 205. The van der Waals surface area contributed by atoms with E-state index in [9.17, 15) is 9.59 Å². The van der Waals surface area contributed by atoms with E-state index in [1.807, 2.05) is 0 Å². The third-order valence-corrected chi connectivity index (χ3v) is 1.55. The summed E-state index contributed by atoms with van der Waals surface area (Å²) in [5, 5.41) is 19.5. The standard InChI is InChI=1S/C7H14N2O4/c1-3(7(12)13)9-6(11)5(8)4(2)10/h3-5,10H,8H2,1-2H3,(H,9,11)(H,12,13)/t3-,4-,5+/m0/s1. The predicted molar refractivity (Wildman–Crippen MR) is 44.9 cm³/mol. The lowest BCUT2D eigenvalue weighted by molar-refractivity contribution is -0.141. The Labute approximate surface area is 75.7 Å². The van der Waals surface area contributed by atoms with Crippen LogP contribution in [-0.4, -0.2) is 40.3 Å². The van der Waals surface area contributed by atoms with Crippen LogP contribution in [-0.2, 0) is 9.59 Å². The van der Waals surface area contributed by atoms with Crippen molar-refractivity contribution in [3.63, 3.8) is 0 Å². The number of aliphatic hydroxyl groups is 1. The fourth-order valence-corrected chi connectivity index (χ4v) is 0.590. The quantitative estimate of drug-likeness (QED) is 0.421. The molecule has 0 aromatic carbocycles. The van der Waals surface area contributed by atoms with Gasteiger partial charge in [0.2, 0.25) is 5.91 Å². The highest BCUT2D eigenvalue weighted by molar-refractivity contribution is 5.86. The number of rotatable bonds is 4. The second-order valence-corrected chi connectivity index (χ2v) is 2.83.